The van der Waals surface area contributed by atoms with E-state index < -0.39 is 0 Å². The van der Waals surface area contributed by atoms with E-state index in [1.807, 2.05) is 30.5 Å². The van der Waals surface area contributed by atoms with Gasteiger partial charge in [-0.3, -0.25) is 4.90 Å². The lowest BCUT2D eigenvalue weighted by molar-refractivity contribution is 0.239. The fourth-order valence-corrected chi connectivity index (χ4v) is 3.40. The maximum Gasteiger partial charge on any atom is 0.159 e. The van der Waals surface area contributed by atoms with Crippen LogP contribution in [0.3, 0.4) is 0 Å². The maximum absolute atomic E-state index is 14.2. The molecule has 0 radical (unpaired) electrons. The summed E-state index contributed by atoms with van der Waals surface area (Å²) in [7, 11) is 1.54. The number of nitrogens with zero attached hydrogens (tertiary/aromatic N) is 3. The number of rotatable bonds is 4. The van der Waals surface area contributed by atoms with Gasteiger partial charge in [-0.15, -0.1) is 0 Å². The van der Waals surface area contributed by atoms with E-state index >= 15 is 0 Å². The van der Waals surface area contributed by atoms with Crippen molar-refractivity contribution >= 4 is 11.6 Å². The molecule has 6 heteroatoms. The predicted octanol–water partition coefficient (Wildman–Crippen LogP) is 4.50. The minimum atomic E-state index is -0.241. The van der Waals surface area contributed by atoms with Crippen LogP contribution in [0, 0.1) is 5.82 Å². The number of methoxy groups -OCH3 is 1. The number of ether oxygens (including phenoxy) is 1. The van der Waals surface area contributed by atoms with Crippen LogP contribution in [0.15, 0.2) is 48.7 Å². The Morgan fingerprint density at radius 2 is 2.00 bits per heavy atom. The van der Waals surface area contributed by atoms with E-state index in [2.05, 4.69) is 9.88 Å². The van der Waals surface area contributed by atoms with Gasteiger partial charge in [0.05, 0.1) is 12.8 Å². The SMILES string of the molecule is COc1ccc(CN2CCc3nc(-c4ccc(Cl)cc4)ncc3C2)c(F)c1. The molecule has 1 aliphatic heterocycles. The van der Waals surface area contributed by atoms with Crippen LogP contribution in [0.4, 0.5) is 4.39 Å². The van der Waals surface area contributed by atoms with Gasteiger partial charge in [-0.2, -0.15) is 0 Å². The summed E-state index contributed by atoms with van der Waals surface area (Å²) in [6.45, 7) is 2.09. The number of hydrogen-bond donors (Lipinski definition) is 0. The summed E-state index contributed by atoms with van der Waals surface area (Å²) in [5.41, 5.74) is 3.76. The summed E-state index contributed by atoms with van der Waals surface area (Å²) in [6, 6.07) is 12.5. The number of benzene rings is 2. The first-order valence-corrected chi connectivity index (χ1v) is 9.15. The van der Waals surface area contributed by atoms with Crippen molar-refractivity contribution in [2.75, 3.05) is 13.7 Å². The van der Waals surface area contributed by atoms with E-state index in [-0.39, 0.29) is 5.82 Å². The normalized spacial score (nSPS) is 14.0. The van der Waals surface area contributed by atoms with Gasteiger partial charge >= 0.3 is 0 Å². The van der Waals surface area contributed by atoms with Crippen molar-refractivity contribution in [3.05, 3.63) is 76.3 Å². The second kappa shape index (κ2) is 7.62. The van der Waals surface area contributed by atoms with E-state index in [1.54, 1.807) is 12.1 Å². The van der Waals surface area contributed by atoms with Crippen molar-refractivity contribution in [2.45, 2.75) is 19.5 Å². The molecule has 3 aromatic rings. The van der Waals surface area contributed by atoms with Crippen molar-refractivity contribution in [2.24, 2.45) is 0 Å². The molecule has 4 rings (SSSR count). The fraction of sp³-hybridized carbons (Fsp3) is 0.238. The molecule has 1 aromatic heterocycles. The lowest BCUT2D eigenvalue weighted by atomic mass is 10.1. The van der Waals surface area contributed by atoms with Crippen LogP contribution in [0.25, 0.3) is 11.4 Å². The summed E-state index contributed by atoms with van der Waals surface area (Å²) < 4.78 is 19.3. The average Bonchev–Trinajstić information content (AvgIpc) is 2.69. The van der Waals surface area contributed by atoms with Crippen molar-refractivity contribution in [1.29, 1.82) is 0 Å². The third-order valence-corrected chi connectivity index (χ3v) is 5.02. The smallest absolute Gasteiger partial charge is 0.159 e. The summed E-state index contributed by atoms with van der Waals surface area (Å²) in [5.74, 6) is 0.998. The first-order valence-electron chi connectivity index (χ1n) is 8.78. The van der Waals surface area contributed by atoms with Crippen LogP contribution in [0.5, 0.6) is 5.75 Å². The van der Waals surface area contributed by atoms with Gasteiger partial charge in [0.1, 0.15) is 11.6 Å². The molecule has 1 aliphatic rings. The zero-order valence-corrected chi connectivity index (χ0v) is 15.7. The lowest BCUT2D eigenvalue weighted by Crippen LogP contribution is -2.31. The predicted molar refractivity (Wildman–Crippen MR) is 103 cm³/mol. The van der Waals surface area contributed by atoms with Gasteiger partial charge in [-0.25, -0.2) is 14.4 Å². The van der Waals surface area contributed by atoms with Gasteiger partial charge in [0, 0.05) is 60.0 Å². The quantitative estimate of drug-likeness (QED) is 0.664. The minimum Gasteiger partial charge on any atom is -0.497 e. The van der Waals surface area contributed by atoms with Crippen molar-refractivity contribution in [3.8, 4) is 17.1 Å². The molecular formula is C21H19ClFN3O. The maximum atomic E-state index is 14.2. The summed E-state index contributed by atoms with van der Waals surface area (Å²) >= 11 is 5.95. The Balaban J connectivity index is 1.49. The van der Waals surface area contributed by atoms with Gasteiger partial charge < -0.3 is 4.74 Å². The Hall–Kier alpha value is -2.50. The first-order chi connectivity index (χ1) is 13.1. The largest absolute Gasteiger partial charge is 0.497 e. The molecule has 4 nitrogen and oxygen atoms in total. The number of fused-ring (bicyclic) bond motifs is 1. The zero-order chi connectivity index (χ0) is 18.8. The lowest BCUT2D eigenvalue weighted by Gasteiger charge is -2.28. The average molecular weight is 384 g/mol. The van der Waals surface area contributed by atoms with Crippen LogP contribution in [0.2, 0.25) is 5.02 Å². The van der Waals surface area contributed by atoms with Crippen LogP contribution >= 0.6 is 11.6 Å². The first kappa shape index (κ1) is 17.9. The van der Waals surface area contributed by atoms with E-state index in [1.165, 1.54) is 13.2 Å². The molecule has 0 bridgehead atoms. The molecule has 0 amide bonds. The van der Waals surface area contributed by atoms with Crippen LogP contribution < -0.4 is 4.74 Å². The van der Waals surface area contributed by atoms with Gasteiger partial charge in [0.15, 0.2) is 5.82 Å². The van der Waals surface area contributed by atoms with Gasteiger partial charge in [-0.05, 0) is 30.3 Å². The third-order valence-electron chi connectivity index (χ3n) is 4.77. The van der Waals surface area contributed by atoms with Crippen molar-refractivity contribution in [1.82, 2.24) is 14.9 Å². The van der Waals surface area contributed by atoms with Gasteiger partial charge in [0.2, 0.25) is 0 Å². The molecule has 0 fully saturated rings. The Labute approximate surface area is 162 Å². The highest BCUT2D eigenvalue weighted by molar-refractivity contribution is 6.30. The monoisotopic (exact) mass is 383 g/mol. The zero-order valence-electron chi connectivity index (χ0n) is 15.0. The second-order valence-electron chi connectivity index (χ2n) is 6.59. The van der Waals surface area contributed by atoms with E-state index in [4.69, 9.17) is 21.3 Å². The second-order valence-corrected chi connectivity index (χ2v) is 7.03. The molecule has 0 saturated heterocycles. The minimum absolute atomic E-state index is 0.241. The molecule has 0 atom stereocenters. The molecule has 0 aliphatic carbocycles. The Kier molecular flexibility index (Phi) is 5.05. The van der Waals surface area contributed by atoms with Crippen molar-refractivity contribution in [3.63, 3.8) is 0 Å². The third kappa shape index (κ3) is 3.94. The standard InChI is InChI=1S/C21H19ClFN3O/c1-27-18-7-4-15(19(23)10-18)12-26-9-8-20-16(13-26)11-24-21(25-20)14-2-5-17(22)6-3-14/h2-7,10-11H,8-9,12-13H2,1H3. The molecule has 0 N–H and O–H groups in total. The highest BCUT2D eigenvalue weighted by Crippen LogP contribution is 2.24. The highest BCUT2D eigenvalue weighted by atomic mass is 35.5. The fourth-order valence-electron chi connectivity index (χ4n) is 3.27. The molecule has 0 spiro atoms. The van der Waals surface area contributed by atoms with E-state index in [0.717, 1.165) is 29.8 Å². The molecular weight excluding hydrogens is 365 g/mol. The highest BCUT2D eigenvalue weighted by Gasteiger charge is 2.20. The van der Waals surface area contributed by atoms with Crippen molar-refractivity contribution < 1.29 is 9.13 Å². The van der Waals surface area contributed by atoms with Gasteiger partial charge in [-0.1, -0.05) is 17.7 Å². The number of halogens is 2. The van der Waals surface area contributed by atoms with Crippen LogP contribution in [0.1, 0.15) is 16.8 Å². The topological polar surface area (TPSA) is 38.2 Å². The molecule has 0 unspecified atom stereocenters. The molecule has 138 valence electrons. The van der Waals surface area contributed by atoms with E-state index in [9.17, 15) is 4.39 Å². The van der Waals surface area contributed by atoms with Gasteiger partial charge in [0.25, 0.3) is 0 Å². The van der Waals surface area contributed by atoms with Crippen LogP contribution in [-0.2, 0) is 19.5 Å². The van der Waals surface area contributed by atoms with Crippen LogP contribution in [-0.4, -0.2) is 28.5 Å². The number of hydrogen-bond acceptors (Lipinski definition) is 4. The van der Waals surface area contributed by atoms with E-state index in [0.29, 0.717) is 35.2 Å². The molecule has 2 aromatic carbocycles. The number of aromatic nitrogens is 2. The Morgan fingerprint density at radius 3 is 2.74 bits per heavy atom. The summed E-state index contributed by atoms with van der Waals surface area (Å²) in [6.07, 6.45) is 2.69. The Bertz CT molecular complexity index is 962. The summed E-state index contributed by atoms with van der Waals surface area (Å²) in [5, 5.41) is 0.693. The molecule has 2 heterocycles. The summed E-state index contributed by atoms with van der Waals surface area (Å²) in [4.78, 5) is 11.4. The molecule has 27 heavy (non-hydrogen) atoms. The Morgan fingerprint density at radius 1 is 1.19 bits per heavy atom. The molecule has 0 saturated carbocycles.